The first-order valence-corrected chi connectivity index (χ1v) is 43.5. The summed E-state index contributed by atoms with van der Waals surface area (Å²) in [4.78, 5) is 13.4. The van der Waals surface area contributed by atoms with Gasteiger partial charge >= 0.3 is 0 Å². The highest BCUT2D eigenvalue weighted by Crippen LogP contribution is 2.30. The highest BCUT2D eigenvalue weighted by atomic mass is 16.7. The van der Waals surface area contributed by atoms with Crippen molar-refractivity contribution in [1.82, 2.24) is 5.32 Å². The Hall–Kier alpha value is -2.31. The molecule has 2 rings (SSSR count). The van der Waals surface area contributed by atoms with Crippen LogP contribution in [0, 0.1) is 0 Å². The van der Waals surface area contributed by atoms with E-state index in [2.05, 4.69) is 67.8 Å². The predicted molar refractivity (Wildman–Crippen MR) is 424 cm³/mol. The zero-order valence-corrected chi connectivity index (χ0v) is 65.9. The fraction of sp³-hybridized carbons (Fsp3) is 0.875. The standard InChI is InChI=1S/C88H163NO13/c1-3-5-7-9-11-13-15-17-19-21-23-25-27-29-31-33-35-36-37-38-39-40-42-44-46-48-50-52-54-56-58-60-62-64-66-68-70-72-80(93)89-76(75-99-87-85(98)83(96)86(79(74-91)101-87)102-88-84(97)82(95)81(94)78(73-90)100-88)77(92)71-69-67-65-63-61-59-57-55-53-51-49-47-45-43-41-34-32-30-28-26-24-22-20-18-16-14-12-10-8-6-4-2/h15,17,21,23,53,55,61,63,69,71,76-79,81-88,90-92,94-98H,3-14,16,18-20,22,24-52,54,56-60,62,64-68,70,72-75H2,1-2H3,(H,89,93)/b17-15-,23-21-,55-53+,63-61+,71-69+. The van der Waals surface area contributed by atoms with Crippen molar-refractivity contribution >= 4 is 5.91 Å². The minimum Gasteiger partial charge on any atom is -0.394 e. The minimum absolute atomic E-state index is 0.246. The molecular weight excluding hydrogens is 1280 g/mol. The van der Waals surface area contributed by atoms with Crippen molar-refractivity contribution in [2.75, 3.05) is 19.8 Å². The first-order valence-electron chi connectivity index (χ1n) is 43.5. The van der Waals surface area contributed by atoms with Gasteiger partial charge in [-0.1, -0.05) is 376 Å². The molecule has 0 aliphatic carbocycles. The van der Waals surface area contributed by atoms with Gasteiger partial charge in [-0.3, -0.25) is 4.79 Å². The van der Waals surface area contributed by atoms with Crippen molar-refractivity contribution in [3.8, 4) is 0 Å². The lowest BCUT2D eigenvalue weighted by Crippen LogP contribution is -2.65. The second-order valence-electron chi connectivity index (χ2n) is 30.6. The van der Waals surface area contributed by atoms with Gasteiger partial charge in [-0.2, -0.15) is 0 Å². The number of aliphatic hydroxyl groups excluding tert-OH is 8. The zero-order valence-electron chi connectivity index (χ0n) is 65.9. The molecule has 0 bridgehead atoms. The van der Waals surface area contributed by atoms with Gasteiger partial charge in [0.25, 0.3) is 0 Å². The zero-order chi connectivity index (χ0) is 73.7. The topological polar surface area (TPSA) is 228 Å². The van der Waals surface area contributed by atoms with Crippen molar-refractivity contribution in [1.29, 1.82) is 0 Å². The molecule has 9 N–H and O–H groups in total. The highest BCUT2D eigenvalue weighted by Gasteiger charge is 2.51. The number of carbonyl (C=O) groups excluding carboxylic acids is 1. The second kappa shape index (κ2) is 71.6. The van der Waals surface area contributed by atoms with E-state index in [1.165, 1.54) is 315 Å². The Morgan fingerprint density at radius 1 is 0.353 bits per heavy atom. The van der Waals surface area contributed by atoms with Crippen LogP contribution in [0.3, 0.4) is 0 Å². The van der Waals surface area contributed by atoms with E-state index < -0.39 is 86.8 Å². The van der Waals surface area contributed by atoms with Crippen molar-refractivity contribution in [2.45, 2.75) is 473 Å². The van der Waals surface area contributed by atoms with Crippen molar-refractivity contribution in [2.24, 2.45) is 0 Å². The van der Waals surface area contributed by atoms with Gasteiger partial charge in [0.15, 0.2) is 12.6 Å². The fourth-order valence-corrected chi connectivity index (χ4v) is 14.3. The molecule has 102 heavy (non-hydrogen) atoms. The molecule has 0 radical (unpaired) electrons. The van der Waals surface area contributed by atoms with Crippen LogP contribution >= 0.6 is 0 Å². The molecule has 14 nitrogen and oxygen atoms in total. The Labute approximate surface area is 626 Å². The van der Waals surface area contributed by atoms with Crippen LogP contribution in [-0.2, 0) is 23.7 Å². The molecule has 0 aromatic heterocycles. The Kier molecular flexibility index (Phi) is 67.2. The summed E-state index contributed by atoms with van der Waals surface area (Å²) in [5.41, 5.74) is 0. The molecule has 0 saturated carbocycles. The molecule has 2 fully saturated rings. The Balaban J connectivity index is 1.59. The molecule has 1 amide bonds. The average molecular weight is 1440 g/mol. The molecular formula is C88H163NO13. The van der Waals surface area contributed by atoms with Crippen LogP contribution in [0.25, 0.3) is 0 Å². The third-order valence-electron chi connectivity index (χ3n) is 21.2. The van der Waals surface area contributed by atoms with E-state index in [-0.39, 0.29) is 18.9 Å². The molecule has 2 heterocycles. The number of unbranched alkanes of at least 4 members (excludes halogenated alkanes) is 53. The van der Waals surface area contributed by atoms with Crippen LogP contribution in [0.15, 0.2) is 60.8 Å². The number of rotatable bonds is 74. The quantitative estimate of drug-likeness (QED) is 0.0204. The molecule has 0 aromatic carbocycles. The van der Waals surface area contributed by atoms with Crippen LogP contribution in [0.1, 0.15) is 399 Å². The summed E-state index contributed by atoms with van der Waals surface area (Å²) in [6, 6.07) is -0.941. The molecule has 598 valence electrons. The summed E-state index contributed by atoms with van der Waals surface area (Å²) < 4.78 is 22.9. The smallest absolute Gasteiger partial charge is 0.220 e. The molecule has 0 spiro atoms. The Morgan fingerprint density at radius 3 is 1.02 bits per heavy atom. The maximum atomic E-state index is 13.4. The number of amides is 1. The lowest BCUT2D eigenvalue weighted by atomic mass is 9.97. The number of ether oxygens (including phenoxy) is 4. The molecule has 12 atom stereocenters. The molecule has 14 heteroatoms. The van der Waals surface area contributed by atoms with E-state index in [0.717, 1.165) is 51.4 Å². The third kappa shape index (κ3) is 53.5. The fourth-order valence-electron chi connectivity index (χ4n) is 14.3. The molecule has 2 saturated heterocycles. The lowest BCUT2D eigenvalue weighted by molar-refractivity contribution is -0.359. The van der Waals surface area contributed by atoms with Crippen LogP contribution in [0.2, 0.25) is 0 Å². The summed E-state index contributed by atoms with van der Waals surface area (Å²) in [5, 5.41) is 87.8. The van der Waals surface area contributed by atoms with Crippen molar-refractivity contribution < 1.29 is 64.6 Å². The van der Waals surface area contributed by atoms with Gasteiger partial charge in [-0.05, 0) is 77.0 Å². The van der Waals surface area contributed by atoms with Crippen LogP contribution in [0.4, 0.5) is 0 Å². The van der Waals surface area contributed by atoms with E-state index in [4.69, 9.17) is 18.9 Å². The summed E-state index contributed by atoms with van der Waals surface area (Å²) >= 11 is 0. The van der Waals surface area contributed by atoms with E-state index in [9.17, 15) is 45.6 Å². The maximum absolute atomic E-state index is 13.4. The van der Waals surface area contributed by atoms with Crippen molar-refractivity contribution in [3.63, 3.8) is 0 Å². The SMILES string of the molecule is CCCCCCC/C=C\C/C=C\CCCCCCCCCCCCCCCCCCCCCCCCCCCC(=O)NC(COC1OC(CO)C(OC2OC(CO)C(O)C(O)C2O)C(O)C1O)C(O)/C=C/CC/C=C/CC/C=C/CCCCCCCCCCCCCCCCCCCCCCC. The predicted octanol–water partition coefficient (Wildman–Crippen LogP) is 20.7. The highest BCUT2D eigenvalue weighted by molar-refractivity contribution is 5.76. The first-order chi connectivity index (χ1) is 50.1. The average Bonchev–Trinajstić information content (AvgIpc) is 0.790. The molecule has 2 aliphatic rings. The van der Waals surface area contributed by atoms with E-state index >= 15 is 0 Å². The maximum Gasteiger partial charge on any atom is 0.220 e. The summed E-state index contributed by atoms with van der Waals surface area (Å²) in [6.07, 6.45) is 81.9. The summed E-state index contributed by atoms with van der Waals surface area (Å²) in [6.45, 7) is 2.83. The van der Waals surface area contributed by atoms with Gasteiger partial charge in [0.05, 0.1) is 32.0 Å². The lowest BCUT2D eigenvalue weighted by Gasteiger charge is -2.46. The normalized spacial score (nSPS) is 21.9. The Bertz CT molecular complexity index is 1950. The number of allylic oxidation sites excluding steroid dienone is 9. The number of carbonyl (C=O) groups is 1. The Morgan fingerprint density at radius 2 is 0.657 bits per heavy atom. The van der Waals surface area contributed by atoms with Crippen LogP contribution in [-0.4, -0.2) is 140 Å². The second-order valence-corrected chi connectivity index (χ2v) is 30.6. The molecule has 12 unspecified atom stereocenters. The summed E-state index contributed by atoms with van der Waals surface area (Å²) in [5.74, 6) is -0.246. The largest absolute Gasteiger partial charge is 0.394 e. The van der Waals surface area contributed by atoms with Gasteiger partial charge < -0.3 is 65.1 Å². The van der Waals surface area contributed by atoms with E-state index in [1.54, 1.807) is 6.08 Å². The number of hydrogen-bond acceptors (Lipinski definition) is 13. The van der Waals surface area contributed by atoms with Gasteiger partial charge in [0.1, 0.15) is 48.8 Å². The van der Waals surface area contributed by atoms with Crippen LogP contribution in [0.5, 0.6) is 0 Å². The van der Waals surface area contributed by atoms with Gasteiger partial charge in [0.2, 0.25) is 5.91 Å². The monoisotopic (exact) mass is 1440 g/mol. The van der Waals surface area contributed by atoms with Crippen molar-refractivity contribution in [3.05, 3.63) is 60.8 Å². The van der Waals surface area contributed by atoms with Crippen LogP contribution < -0.4 is 5.32 Å². The van der Waals surface area contributed by atoms with E-state index in [0.29, 0.717) is 12.8 Å². The third-order valence-corrected chi connectivity index (χ3v) is 21.2. The number of aliphatic hydroxyl groups is 8. The summed E-state index contributed by atoms with van der Waals surface area (Å²) in [7, 11) is 0. The molecule has 2 aliphatic heterocycles. The number of nitrogens with one attached hydrogen (secondary N) is 1. The van der Waals surface area contributed by atoms with Gasteiger partial charge in [-0.15, -0.1) is 0 Å². The molecule has 0 aromatic rings. The number of hydrogen-bond donors (Lipinski definition) is 9. The minimum atomic E-state index is -1.79. The van der Waals surface area contributed by atoms with Gasteiger partial charge in [-0.25, -0.2) is 0 Å². The van der Waals surface area contributed by atoms with Gasteiger partial charge in [0, 0.05) is 6.42 Å². The van der Waals surface area contributed by atoms with E-state index in [1.807, 2.05) is 6.08 Å². The first kappa shape index (κ1) is 95.8.